The van der Waals surface area contributed by atoms with Crippen molar-refractivity contribution in [2.75, 3.05) is 7.11 Å². The molecule has 0 saturated heterocycles. The van der Waals surface area contributed by atoms with Crippen molar-refractivity contribution in [2.45, 2.75) is 25.3 Å². The Hall–Kier alpha value is -4.10. The number of aliphatic imine (C=N–C) groups is 1. The van der Waals surface area contributed by atoms with Gasteiger partial charge in [-0.1, -0.05) is 42.0 Å². The topological polar surface area (TPSA) is 69.9 Å². The largest absolute Gasteiger partial charge is 0.497 e. The van der Waals surface area contributed by atoms with E-state index in [9.17, 15) is 9.00 Å². The number of ether oxygens (including phenoxy) is 1. The van der Waals surface area contributed by atoms with E-state index < -0.39 is 9.80 Å². The highest BCUT2D eigenvalue weighted by Crippen LogP contribution is 2.37. The Kier molecular flexibility index (Phi) is 6.48. The molecule has 37 heavy (non-hydrogen) atoms. The maximum atomic E-state index is 14.2. The van der Waals surface area contributed by atoms with Gasteiger partial charge in [-0.15, -0.1) is 0 Å². The number of fused-ring (bicyclic) bond motifs is 1. The summed E-state index contributed by atoms with van der Waals surface area (Å²) in [5, 5.41) is 0.663. The number of hydrogen-bond acceptors (Lipinski definition) is 5. The summed E-state index contributed by atoms with van der Waals surface area (Å²) in [5.41, 5.74) is 3.30. The smallest absolute Gasteiger partial charge is 0.261 e. The fourth-order valence-corrected chi connectivity index (χ4v) is 5.45. The molecule has 4 aromatic rings. The summed E-state index contributed by atoms with van der Waals surface area (Å²) in [4.78, 5) is 19.2. The van der Waals surface area contributed by atoms with Gasteiger partial charge in [-0.25, -0.2) is 4.21 Å². The monoisotopic (exact) mass is 511 g/mol. The number of nitrogens with zero attached hydrogens (tertiary/aromatic N) is 2. The molecule has 1 atom stereocenters. The van der Waals surface area contributed by atoms with E-state index in [-0.39, 0.29) is 16.9 Å². The van der Waals surface area contributed by atoms with Crippen LogP contribution in [-0.4, -0.2) is 27.5 Å². The molecule has 3 aromatic carbocycles. The van der Waals surface area contributed by atoms with E-state index >= 15 is 0 Å². The van der Waals surface area contributed by atoms with Crippen molar-refractivity contribution < 1.29 is 13.1 Å². The Labute approximate surface area is 216 Å². The first kappa shape index (κ1) is 24.6. The average Bonchev–Trinajstić information content (AvgIpc) is 3.33. The SMILES string of the molecule is C=S(=O)(Oc1c([C]2C=CC(C)=N2)c(=O)n(Cc2ccc(OC)cc2)c2ccc(C)cc12)c1ccccc1. The first-order valence-corrected chi connectivity index (χ1v) is 13.4. The van der Waals surface area contributed by atoms with Crippen molar-refractivity contribution in [1.29, 1.82) is 0 Å². The molecule has 1 radical (unpaired) electrons. The van der Waals surface area contributed by atoms with Gasteiger partial charge in [0, 0.05) is 11.1 Å². The minimum Gasteiger partial charge on any atom is -0.497 e. The van der Waals surface area contributed by atoms with Crippen LogP contribution in [0, 0.1) is 13.0 Å². The molecule has 1 aliphatic rings. The van der Waals surface area contributed by atoms with Crippen molar-refractivity contribution in [3.05, 3.63) is 118 Å². The second-order valence-corrected chi connectivity index (χ2v) is 10.8. The van der Waals surface area contributed by atoms with Gasteiger partial charge in [0.2, 0.25) is 0 Å². The Morgan fingerprint density at radius 2 is 1.70 bits per heavy atom. The fraction of sp³-hybridized carbons (Fsp3) is 0.133. The Morgan fingerprint density at radius 1 is 0.973 bits per heavy atom. The molecule has 0 bridgehead atoms. The lowest BCUT2D eigenvalue weighted by Gasteiger charge is -2.21. The van der Waals surface area contributed by atoms with Crippen molar-refractivity contribution in [2.24, 2.45) is 4.99 Å². The van der Waals surface area contributed by atoms with Gasteiger partial charge in [0.15, 0.2) is 5.75 Å². The second-order valence-electron chi connectivity index (χ2n) is 8.95. The lowest BCUT2D eigenvalue weighted by atomic mass is 10.0. The normalized spacial score (nSPS) is 14.9. The van der Waals surface area contributed by atoms with Gasteiger partial charge in [0.05, 0.1) is 29.6 Å². The zero-order valence-corrected chi connectivity index (χ0v) is 21.7. The summed E-state index contributed by atoms with van der Waals surface area (Å²) in [6.07, 6.45) is 3.62. The second kappa shape index (κ2) is 9.75. The molecule has 7 heteroatoms. The molecular weight excluding hydrogens is 484 g/mol. The van der Waals surface area contributed by atoms with Gasteiger partial charge in [-0.05, 0) is 73.8 Å². The third-order valence-corrected chi connectivity index (χ3v) is 7.66. The molecular formula is C30H27N2O4S. The molecule has 6 nitrogen and oxygen atoms in total. The summed E-state index contributed by atoms with van der Waals surface area (Å²) in [5.74, 6) is 4.86. The highest BCUT2D eigenvalue weighted by Gasteiger charge is 2.28. The Bertz CT molecular complexity index is 1700. The molecule has 1 aromatic heterocycles. The summed E-state index contributed by atoms with van der Waals surface area (Å²) in [7, 11) is -1.61. The Morgan fingerprint density at radius 3 is 2.35 bits per heavy atom. The van der Waals surface area contributed by atoms with Crippen LogP contribution in [0.15, 0.2) is 99.6 Å². The molecule has 1 aliphatic heterocycles. The van der Waals surface area contributed by atoms with Crippen LogP contribution in [0.1, 0.15) is 23.6 Å². The molecule has 0 aliphatic carbocycles. The number of rotatable bonds is 7. The van der Waals surface area contributed by atoms with Crippen LogP contribution in [0.25, 0.3) is 10.9 Å². The van der Waals surface area contributed by atoms with Gasteiger partial charge >= 0.3 is 0 Å². The van der Waals surface area contributed by atoms with Crippen molar-refractivity contribution in [3.8, 4) is 11.5 Å². The van der Waals surface area contributed by atoms with E-state index in [1.54, 1.807) is 42.0 Å². The number of pyridine rings is 1. The molecule has 2 heterocycles. The first-order chi connectivity index (χ1) is 17.8. The van der Waals surface area contributed by atoms with Crippen molar-refractivity contribution in [3.63, 3.8) is 0 Å². The predicted molar refractivity (Wildman–Crippen MR) is 150 cm³/mol. The van der Waals surface area contributed by atoms with E-state index in [0.717, 1.165) is 22.6 Å². The fourth-order valence-electron chi connectivity index (χ4n) is 4.34. The molecule has 1 unspecified atom stereocenters. The van der Waals surface area contributed by atoms with Crippen LogP contribution in [0.2, 0.25) is 0 Å². The van der Waals surface area contributed by atoms with E-state index in [2.05, 4.69) is 10.9 Å². The lowest BCUT2D eigenvalue weighted by molar-refractivity contribution is 0.414. The van der Waals surface area contributed by atoms with E-state index in [0.29, 0.717) is 28.4 Å². The zero-order valence-electron chi connectivity index (χ0n) is 20.9. The number of aromatic nitrogens is 1. The van der Waals surface area contributed by atoms with Gasteiger partial charge in [-0.2, -0.15) is 0 Å². The van der Waals surface area contributed by atoms with Crippen LogP contribution < -0.4 is 14.5 Å². The van der Waals surface area contributed by atoms with E-state index in [1.165, 1.54) is 0 Å². The maximum Gasteiger partial charge on any atom is 0.261 e. The molecule has 5 rings (SSSR count). The van der Waals surface area contributed by atoms with Crippen molar-refractivity contribution >= 4 is 32.3 Å². The number of benzene rings is 3. The number of allylic oxidation sites excluding steroid dienone is 1. The van der Waals surface area contributed by atoms with Crippen LogP contribution in [0.5, 0.6) is 11.5 Å². The van der Waals surface area contributed by atoms with E-state index in [1.807, 2.05) is 68.5 Å². The summed E-state index contributed by atoms with van der Waals surface area (Å²) < 4.78 is 26.9. The highest BCUT2D eigenvalue weighted by molar-refractivity contribution is 7.96. The number of hydrogen-bond donors (Lipinski definition) is 0. The standard InChI is InChI=1S/C30H27N2O4S/c1-20-10-17-27-25(18-20)29(36-37(4,34)24-8-6-5-7-9-24)28(26-16-11-21(2)31-26)30(33)32(27)19-22-12-14-23(35-3)15-13-22/h5-18H,4,19H2,1-3H3. The summed E-state index contributed by atoms with van der Waals surface area (Å²) in [6.45, 7) is 4.15. The highest BCUT2D eigenvalue weighted by atomic mass is 32.2. The molecule has 187 valence electrons. The summed E-state index contributed by atoms with van der Waals surface area (Å²) in [6, 6.07) is 22.6. The molecule has 0 N–H and O–H groups in total. The predicted octanol–water partition coefficient (Wildman–Crippen LogP) is 5.35. The van der Waals surface area contributed by atoms with E-state index in [4.69, 9.17) is 8.92 Å². The molecule has 0 saturated carbocycles. The number of methoxy groups -OCH3 is 1. The Balaban J connectivity index is 1.76. The minimum absolute atomic E-state index is 0.219. The molecule has 0 spiro atoms. The first-order valence-electron chi connectivity index (χ1n) is 11.8. The van der Waals surface area contributed by atoms with Crippen LogP contribution in [-0.2, 0) is 16.3 Å². The lowest BCUT2D eigenvalue weighted by Crippen LogP contribution is -2.28. The van der Waals surface area contributed by atoms with Gasteiger partial charge in [-0.3, -0.25) is 9.79 Å². The van der Waals surface area contributed by atoms with Gasteiger partial charge in [0.25, 0.3) is 5.56 Å². The van der Waals surface area contributed by atoms with Gasteiger partial charge < -0.3 is 13.5 Å². The minimum atomic E-state index is -3.23. The third-order valence-electron chi connectivity index (χ3n) is 6.23. The molecule has 0 fully saturated rings. The van der Waals surface area contributed by atoms with Crippen molar-refractivity contribution in [1.82, 2.24) is 4.57 Å². The van der Waals surface area contributed by atoms with Gasteiger partial charge in [0.1, 0.15) is 21.6 Å². The van der Waals surface area contributed by atoms with Crippen LogP contribution in [0.4, 0.5) is 0 Å². The summed E-state index contributed by atoms with van der Waals surface area (Å²) >= 11 is 0. The quantitative estimate of drug-likeness (QED) is 0.314. The average molecular weight is 512 g/mol. The van der Waals surface area contributed by atoms with Crippen LogP contribution in [0.3, 0.4) is 0 Å². The van der Waals surface area contributed by atoms with Crippen LogP contribution >= 0.6 is 0 Å². The number of aryl methyl sites for hydroxylation is 1. The maximum absolute atomic E-state index is 14.2. The molecule has 0 amide bonds. The zero-order chi connectivity index (χ0) is 26.2. The third kappa shape index (κ3) is 4.82.